The molecule has 1 unspecified atom stereocenters. The Morgan fingerprint density at radius 1 is 1.11 bits per heavy atom. The minimum Gasteiger partial charge on any atom is -0.327 e. The van der Waals surface area contributed by atoms with Gasteiger partial charge in [-0.15, -0.1) is 10.2 Å². The van der Waals surface area contributed by atoms with Crippen molar-refractivity contribution in [1.29, 1.82) is 0 Å². The molecule has 4 rings (SSSR count). The van der Waals surface area contributed by atoms with E-state index < -0.39 is 6.04 Å². The molecule has 0 saturated carbocycles. The molecule has 0 bridgehead atoms. The number of hydrogen-bond donors (Lipinski definition) is 1. The zero-order chi connectivity index (χ0) is 19.3. The topological polar surface area (TPSA) is 101 Å². The van der Waals surface area contributed by atoms with Crippen LogP contribution in [0.4, 0.5) is 5.13 Å². The molecule has 1 saturated heterocycles. The van der Waals surface area contributed by atoms with Crippen LogP contribution in [0.5, 0.6) is 0 Å². The lowest BCUT2D eigenvalue weighted by Crippen LogP contribution is -2.50. The Bertz CT molecular complexity index is 963. The average molecular weight is 394 g/mol. The van der Waals surface area contributed by atoms with Gasteiger partial charge in [0, 0.05) is 25.1 Å². The number of anilines is 1. The number of likely N-dealkylation sites (tertiary alicyclic amines) is 1. The number of piperidine rings is 1. The first-order chi connectivity index (χ1) is 13.7. The molecule has 3 aromatic rings. The lowest BCUT2D eigenvalue weighted by Gasteiger charge is -2.34. The molecule has 8 nitrogen and oxygen atoms in total. The summed E-state index contributed by atoms with van der Waals surface area (Å²) in [5.74, 6) is -0.431. The lowest BCUT2D eigenvalue weighted by atomic mass is 10.0. The van der Waals surface area contributed by atoms with E-state index in [0.717, 1.165) is 12.8 Å². The van der Waals surface area contributed by atoms with Crippen LogP contribution >= 0.6 is 11.3 Å². The quantitative estimate of drug-likeness (QED) is 0.730. The molecular formula is C19H18N6O2S. The predicted molar refractivity (Wildman–Crippen MR) is 105 cm³/mol. The van der Waals surface area contributed by atoms with E-state index in [1.165, 1.54) is 17.5 Å². The van der Waals surface area contributed by atoms with Crippen molar-refractivity contribution in [3.63, 3.8) is 0 Å². The fraction of sp³-hybridized carbons (Fsp3) is 0.263. The van der Waals surface area contributed by atoms with Crippen LogP contribution in [0.3, 0.4) is 0 Å². The van der Waals surface area contributed by atoms with Crippen LogP contribution in [0.15, 0.2) is 48.9 Å². The lowest BCUT2D eigenvalue weighted by molar-refractivity contribution is -0.121. The Hall–Kier alpha value is -3.20. The highest BCUT2D eigenvalue weighted by Gasteiger charge is 2.33. The summed E-state index contributed by atoms with van der Waals surface area (Å²) >= 11 is 1.25. The van der Waals surface area contributed by atoms with Gasteiger partial charge in [-0.1, -0.05) is 17.4 Å². The third kappa shape index (κ3) is 3.89. The van der Waals surface area contributed by atoms with E-state index in [1.807, 2.05) is 18.2 Å². The third-order valence-corrected chi connectivity index (χ3v) is 5.38. The minimum atomic E-state index is -0.538. The summed E-state index contributed by atoms with van der Waals surface area (Å²) in [6.07, 6.45) is 7.20. The second-order valence-electron chi connectivity index (χ2n) is 6.37. The van der Waals surface area contributed by atoms with Crippen LogP contribution in [0.25, 0.3) is 10.7 Å². The largest absolute Gasteiger partial charge is 0.327 e. The Balaban J connectivity index is 1.48. The molecule has 2 amide bonds. The first-order valence-electron chi connectivity index (χ1n) is 8.99. The Morgan fingerprint density at radius 3 is 2.82 bits per heavy atom. The van der Waals surface area contributed by atoms with Gasteiger partial charge >= 0.3 is 0 Å². The van der Waals surface area contributed by atoms with Crippen LogP contribution < -0.4 is 5.32 Å². The maximum absolute atomic E-state index is 12.9. The van der Waals surface area contributed by atoms with Crippen LogP contribution in [0, 0.1) is 0 Å². The van der Waals surface area contributed by atoms with Crippen LogP contribution in [-0.4, -0.2) is 49.5 Å². The third-order valence-electron chi connectivity index (χ3n) is 4.51. The summed E-state index contributed by atoms with van der Waals surface area (Å²) in [6.45, 7) is 0.543. The van der Waals surface area contributed by atoms with E-state index >= 15 is 0 Å². The van der Waals surface area contributed by atoms with Crippen molar-refractivity contribution < 1.29 is 9.59 Å². The molecule has 0 aromatic carbocycles. The molecule has 1 N–H and O–H groups in total. The number of carbonyl (C=O) groups is 2. The number of amides is 2. The van der Waals surface area contributed by atoms with Gasteiger partial charge < -0.3 is 4.90 Å². The Labute approximate surface area is 165 Å². The maximum Gasteiger partial charge on any atom is 0.256 e. The van der Waals surface area contributed by atoms with E-state index in [4.69, 9.17) is 0 Å². The molecule has 0 spiro atoms. The van der Waals surface area contributed by atoms with Gasteiger partial charge in [0.2, 0.25) is 11.0 Å². The van der Waals surface area contributed by atoms with Crippen molar-refractivity contribution in [2.45, 2.75) is 25.3 Å². The Morgan fingerprint density at radius 2 is 2.04 bits per heavy atom. The second kappa shape index (κ2) is 8.22. The van der Waals surface area contributed by atoms with Gasteiger partial charge in [0.15, 0.2) is 5.01 Å². The fourth-order valence-electron chi connectivity index (χ4n) is 3.16. The van der Waals surface area contributed by atoms with Gasteiger partial charge in [-0.05, 0) is 43.5 Å². The SMILES string of the molecule is O=C(Nc1nnc(-c2ccccn2)s1)C1CCCCN1C(=O)c1cccnc1. The number of carbonyl (C=O) groups excluding carboxylic acids is 2. The summed E-state index contributed by atoms with van der Waals surface area (Å²) in [7, 11) is 0. The first kappa shape index (κ1) is 18.2. The molecule has 4 heterocycles. The summed E-state index contributed by atoms with van der Waals surface area (Å²) in [6, 6.07) is 8.41. The zero-order valence-electron chi connectivity index (χ0n) is 15.0. The van der Waals surface area contributed by atoms with Crippen LogP contribution in [-0.2, 0) is 4.79 Å². The van der Waals surface area contributed by atoms with Crippen molar-refractivity contribution in [2.75, 3.05) is 11.9 Å². The molecule has 0 aliphatic carbocycles. The number of aromatic nitrogens is 4. The number of nitrogens with one attached hydrogen (secondary N) is 1. The van der Waals surface area contributed by atoms with Crippen molar-refractivity contribution in [1.82, 2.24) is 25.1 Å². The van der Waals surface area contributed by atoms with Gasteiger partial charge in [0.05, 0.1) is 5.56 Å². The highest BCUT2D eigenvalue weighted by atomic mass is 32.1. The van der Waals surface area contributed by atoms with Gasteiger partial charge in [-0.25, -0.2) is 0 Å². The van der Waals surface area contributed by atoms with E-state index in [2.05, 4.69) is 25.5 Å². The number of pyridine rings is 2. The molecule has 0 radical (unpaired) electrons. The summed E-state index contributed by atoms with van der Waals surface area (Å²) < 4.78 is 0. The smallest absolute Gasteiger partial charge is 0.256 e. The highest BCUT2D eigenvalue weighted by Crippen LogP contribution is 2.26. The molecule has 142 valence electrons. The van der Waals surface area contributed by atoms with Crippen molar-refractivity contribution in [3.05, 3.63) is 54.5 Å². The van der Waals surface area contributed by atoms with E-state index in [1.54, 1.807) is 29.4 Å². The van der Waals surface area contributed by atoms with Crippen LogP contribution in [0.1, 0.15) is 29.6 Å². The standard InChI is InChI=1S/C19H18N6O2S/c26-16(22-19-24-23-17(28-19)14-7-1-3-10-21-14)15-8-2-4-11-25(15)18(27)13-6-5-9-20-12-13/h1,3,5-7,9-10,12,15H,2,4,8,11H2,(H,22,24,26). The number of rotatable bonds is 4. The number of nitrogens with zero attached hydrogens (tertiary/aromatic N) is 5. The molecule has 3 aromatic heterocycles. The van der Waals surface area contributed by atoms with Crippen LogP contribution in [0.2, 0.25) is 0 Å². The monoisotopic (exact) mass is 394 g/mol. The van der Waals surface area contributed by atoms with Crippen molar-refractivity contribution in [3.8, 4) is 10.7 Å². The number of hydrogen-bond acceptors (Lipinski definition) is 7. The maximum atomic E-state index is 12.9. The predicted octanol–water partition coefficient (Wildman–Crippen LogP) is 2.63. The summed E-state index contributed by atoms with van der Waals surface area (Å²) in [5, 5.41) is 12.0. The van der Waals surface area contributed by atoms with E-state index in [-0.39, 0.29) is 11.8 Å². The molecule has 28 heavy (non-hydrogen) atoms. The first-order valence-corrected chi connectivity index (χ1v) is 9.81. The van der Waals surface area contributed by atoms with E-state index in [0.29, 0.717) is 34.4 Å². The molecule has 9 heteroatoms. The molecule has 1 fully saturated rings. The van der Waals surface area contributed by atoms with E-state index in [9.17, 15) is 9.59 Å². The molecule has 1 aliphatic rings. The average Bonchev–Trinajstić information content (AvgIpc) is 3.23. The Kier molecular flexibility index (Phi) is 5.34. The zero-order valence-corrected chi connectivity index (χ0v) is 15.8. The van der Waals surface area contributed by atoms with Gasteiger partial charge in [0.25, 0.3) is 5.91 Å². The van der Waals surface area contributed by atoms with Crippen molar-refractivity contribution >= 4 is 28.3 Å². The normalized spacial score (nSPS) is 16.6. The van der Waals surface area contributed by atoms with Crippen molar-refractivity contribution in [2.24, 2.45) is 0 Å². The molecule has 1 aliphatic heterocycles. The highest BCUT2D eigenvalue weighted by molar-refractivity contribution is 7.18. The van der Waals surface area contributed by atoms with Gasteiger partial charge in [-0.2, -0.15) is 0 Å². The fourth-order valence-corrected chi connectivity index (χ4v) is 3.88. The van der Waals surface area contributed by atoms with Gasteiger partial charge in [-0.3, -0.25) is 24.9 Å². The summed E-state index contributed by atoms with van der Waals surface area (Å²) in [5.41, 5.74) is 1.18. The summed E-state index contributed by atoms with van der Waals surface area (Å²) in [4.78, 5) is 35.5. The minimum absolute atomic E-state index is 0.181. The molecular weight excluding hydrogens is 376 g/mol. The van der Waals surface area contributed by atoms with Gasteiger partial charge in [0.1, 0.15) is 11.7 Å². The second-order valence-corrected chi connectivity index (χ2v) is 7.35. The molecule has 1 atom stereocenters.